The Morgan fingerprint density at radius 1 is 1.09 bits per heavy atom. The van der Waals surface area contributed by atoms with Crippen molar-refractivity contribution in [2.45, 2.75) is 51.2 Å². The Balaban J connectivity index is 1.65. The Bertz CT molecular complexity index is 979. The summed E-state index contributed by atoms with van der Waals surface area (Å²) in [6.07, 6.45) is 1.56. The van der Waals surface area contributed by atoms with Crippen LogP contribution in [0.4, 0.5) is 5.69 Å². The molecule has 6 N–H and O–H groups in total. The molecule has 1 heterocycles. The van der Waals surface area contributed by atoms with Gasteiger partial charge in [0.25, 0.3) is 0 Å². The lowest BCUT2D eigenvalue weighted by atomic mass is 10.0. The number of hydrogen-bond donors (Lipinski definition) is 5. The first kappa shape index (κ1) is 24.4. The number of aryl methyl sites for hydroxylation is 3. The van der Waals surface area contributed by atoms with E-state index in [2.05, 4.69) is 21.3 Å². The number of rotatable bonds is 9. The van der Waals surface area contributed by atoms with E-state index >= 15 is 0 Å². The summed E-state index contributed by atoms with van der Waals surface area (Å²) in [6.45, 7) is 4.40. The normalized spacial score (nSPS) is 18.4. The van der Waals surface area contributed by atoms with E-state index in [-0.39, 0.29) is 30.3 Å². The summed E-state index contributed by atoms with van der Waals surface area (Å²) < 4.78 is 0. The number of nitrogens with two attached hydrogens (primary N) is 1. The van der Waals surface area contributed by atoms with Crippen molar-refractivity contribution in [3.8, 4) is 0 Å². The monoisotopic (exact) mass is 451 g/mol. The van der Waals surface area contributed by atoms with Gasteiger partial charge in [-0.15, -0.1) is 0 Å². The molecule has 0 unspecified atom stereocenters. The maximum Gasteiger partial charge on any atom is 0.246 e. The van der Waals surface area contributed by atoms with Crippen LogP contribution >= 0.6 is 0 Å². The number of amides is 3. The zero-order valence-corrected chi connectivity index (χ0v) is 19.2. The molecule has 1 fully saturated rings. The van der Waals surface area contributed by atoms with Gasteiger partial charge < -0.3 is 27.0 Å². The van der Waals surface area contributed by atoms with Crippen molar-refractivity contribution >= 4 is 23.4 Å². The molecule has 2 aromatic rings. The van der Waals surface area contributed by atoms with Gasteiger partial charge in [-0.1, -0.05) is 36.4 Å². The number of carbonyl (C=O) groups excluding carboxylic acids is 3. The minimum Gasteiger partial charge on any atom is -0.351 e. The van der Waals surface area contributed by atoms with E-state index in [9.17, 15) is 14.4 Å². The highest BCUT2D eigenvalue weighted by molar-refractivity contribution is 5.98. The van der Waals surface area contributed by atoms with Crippen LogP contribution in [-0.2, 0) is 20.8 Å². The molecule has 0 aromatic heterocycles. The number of carbonyl (C=O) groups is 3. The largest absolute Gasteiger partial charge is 0.351 e. The quantitative estimate of drug-likeness (QED) is 0.391. The third kappa shape index (κ3) is 7.13. The zero-order chi connectivity index (χ0) is 23.8. The van der Waals surface area contributed by atoms with Crippen LogP contribution in [0, 0.1) is 13.8 Å². The average Bonchev–Trinajstić information content (AvgIpc) is 3.28. The predicted octanol–water partition coefficient (Wildman–Crippen LogP) is 1.16. The second-order valence-corrected chi connectivity index (χ2v) is 8.54. The van der Waals surface area contributed by atoms with Crippen molar-refractivity contribution in [2.75, 3.05) is 18.4 Å². The van der Waals surface area contributed by atoms with Crippen molar-refractivity contribution in [3.05, 3.63) is 65.2 Å². The van der Waals surface area contributed by atoms with Gasteiger partial charge in [0.2, 0.25) is 17.7 Å². The fourth-order valence-electron chi connectivity index (χ4n) is 3.88. The van der Waals surface area contributed by atoms with Gasteiger partial charge in [0.05, 0.1) is 12.6 Å². The Labute approximate surface area is 194 Å². The predicted molar refractivity (Wildman–Crippen MR) is 129 cm³/mol. The molecule has 0 aliphatic carbocycles. The maximum atomic E-state index is 13.1. The van der Waals surface area contributed by atoms with Gasteiger partial charge in [-0.2, -0.15) is 0 Å². The highest BCUT2D eigenvalue weighted by Crippen LogP contribution is 2.16. The third-order valence-electron chi connectivity index (χ3n) is 5.97. The molecule has 0 saturated carbocycles. The van der Waals surface area contributed by atoms with Crippen molar-refractivity contribution in [2.24, 2.45) is 5.73 Å². The van der Waals surface area contributed by atoms with Crippen molar-refractivity contribution < 1.29 is 14.4 Å². The molecule has 1 saturated heterocycles. The summed E-state index contributed by atoms with van der Waals surface area (Å²) in [6, 6.07) is 14.3. The van der Waals surface area contributed by atoms with Crippen LogP contribution in [0.25, 0.3) is 0 Å². The van der Waals surface area contributed by atoms with E-state index in [0.29, 0.717) is 31.5 Å². The molecular formula is C25H33N5O3. The first-order valence-electron chi connectivity index (χ1n) is 11.3. The molecule has 3 atom stereocenters. The lowest BCUT2D eigenvalue weighted by Gasteiger charge is -2.21. The number of benzene rings is 2. The molecule has 0 radical (unpaired) electrons. The van der Waals surface area contributed by atoms with Crippen LogP contribution in [0.15, 0.2) is 48.5 Å². The topological polar surface area (TPSA) is 125 Å². The lowest BCUT2D eigenvalue weighted by molar-refractivity contribution is -0.127. The van der Waals surface area contributed by atoms with Crippen LogP contribution in [0.3, 0.4) is 0 Å². The minimum absolute atomic E-state index is 0.0897. The van der Waals surface area contributed by atoms with E-state index in [4.69, 9.17) is 5.73 Å². The van der Waals surface area contributed by atoms with E-state index in [1.165, 1.54) is 0 Å². The molecule has 1 aliphatic heterocycles. The number of hydrogen-bond acceptors (Lipinski definition) is 5. The molecule has 8 nitrogen and oxygen atoms in total. The van der Waals surface area contributed by atoms with Gasteiger partial charge in [0.1, 0.15) is 6.04 Å². The molecule has 176 valence electrons. The zero-order valence-electron chi connectivity index (χ0n) is 19.2. The number of anilines is 1. The van der Waals surface area contributed by atoms with E-state index in [1.54, 1.807) is 0 Å². The first-order chi connectivity index (χ1) is 15.9. The lowest BCUT2D eigenvalue weighted by Crippen LogP contribution is -2.50. The van der Waals surface area contributed by atoms with Crippen LogP contribution in [0.1, 0.15) is 29.5 Å². The fraction of sp³-hybridized carbons (Fsp3) is 0.400. The summed E-state index contributed by atoms with van der Waals surface area (Å²) in [5.74, 6) is -0.766. The van der Waals surface area contributed by atoms with Gasteiger partial charge in [-0.3, -0.25) is 14.4 Å². The van der Waals surface area contributed by atoms with Crippen LogP contribution in [-0.4, -0.2) is 48.9 Å². The molecule has 3 amide bonds. The van der Waals surface area contributed by atoms with E-state index in [0.717, 1.165) is 16.7 Å². The maximum absolute atomic E-state index is 13.1. The molecule has 3 rings (SSSR count). The summed E-state index contributed by atoms with van der Waals surface area (Å²) >= 11 is 0. The fourth-order valence-corrected chi connectivity index (χ4v) is 3.88. The van der Waals surface area contributed by atoms with Gasteiger partial charge in [0, 0.05) is 18.3 Å². The van der Waals surface area contributed by atoms with Gasteiger partial charge in [0.15, 0.2) is 0 Å². The van der Waals surface area contributed by atoms with Crippen LogP contribution in [0.5, 0.6) is 0 Å². The Morgan fingerprint density at radius 2 is 1.85 bits per heavy atom. The smallest absolute Gasteiger partial charge is 0.246 e. The molecule has 33 heavy (non-hydrogen) atoms. The Hall–Kier alpha value is -3.23. The molecule has 0 spiro atoms. The Morgan fingerprint density at radius 3 is 2.55 bits per heavy atom. The highest BCUT2D eigenvalue weighted by Gasteiger charge is 2.32. The van der Waals surface area contributed by atoms with Gasteiger partial charge >= 0.3 is 0 Å². The third-order valence-corrected chi connectivity index (χ3v) is 5.97. The molecule has 2 aromatic carbocycles. The molecule has 0 bridgehead atoms. The van der Waals surface area contributed by atoms with E-state index in [1.807, 2.05) is 62.4 Å². The summed E-state index contributed by atoms with van der Waals surface area (Å²) in [7, 11) is 0. The number of nitrogens with one attached hydrogen (secondary N) is 4. The average molecular weight is 452 g/mol. The van der Waals surface area contributed by atoms with Crippen LogP contribution < -0.4 is 27.0 Å². The van der Waals surface area contributed by atoms with Gasteiger partial charge in [-0.25, -0.2) is 0 Å². The van der Waals surface area contributed by atoms with Gasteiger partial charge in [-0.05, 0) is 61.9 Å². The highest BCUT2D eigenvalue weighted by atomic mass is 16.2. The summed E-state index contributed by atoms with van der Waals surface area (Å²) in [4.78, 5) is 37.6. The SMILES string of the molecule is Cc1ccc(NC(=O)[C@@H](CCc2ccccc2)NC(=O)[C@@H]2C[C@@H](NC(=O)CN)CN2)cc1C. The standard InChI is InChI=1S/C25H33N5O3/c1-16-8-10-19(12-17(16)2)29-24(32)21(11-9-18-6-4-3-5-7-18)30-25(33)22-13-20(15-27-22)28-23(31)14-26/h3-8,10,12,20-22,27H,9,11,13-15,26H2,1-2H3,(H,28,31)(H,29,32)(H,30,33)/t20-,21-,22+/m1/s1. The van der Waals surface area contributed by atoms with E-state index < -0.39 is 12.1 Å². The minimum atomic E-state index is -0.696. The van der Waals surface area contributed by atoms with Crippen molar-refractivity contribution in [1.82, 2.24) is 16.0 Å². The second-order valence-electron chi connectivity index (χ2n) is 8.54. The summed E-state index contributed by atoms with van der Waals surface area (Å²) in [5, 5.41) is 11.8. The molecular weight excluding hydrogens is 418 g/mol. The first-order valence-corrected chi connectivity index (χ1v) is 11.3. The second kappa shape index (κ2) is 11.6. The van der Waals surface area contributed by atoms with Crippen molar-refractivity contribution in [3.63, 3.8) is 0 Å². The van der Waals surface area contributed by atoms with Crippen molar-refractivity contribution in [1.29, 1.82) is 0 Å². The summed E-state index contributed by atoms with van der Waals surface area (Å²) in [5.41, 5.74) is 9.37. The Kier molecular flexibility index (Phi) is 8.57. The van der Waals surface area contributed by atoms with Crippen LogP contribution in [0.2, 0.25) is 0 Å². The molecule has 8 heteroatoms. The molecule has 1 aliphatic rings.